The van der Waals surface area contributed by atoms with Gasteiger partial charge in [-0.05, 0) is 49.2 Å². The number of piperidine rings is 1. The Morgan fingerprint density at radius 2 is 2.00 bits per heavy atom. The van der Waals surface area contributed by atoms with Gasteiger partial charge in [-0.1, -0.05) is 6.07 Å². The number of halogens is 1. The van der Waals surface area contributed by atoms with Crippen molar-refractivity contribution in [3.8, 4) is 5.69 Å². The lowest BCUT2D eigenvalue weighted by molar-refractivity contribution is 0.0908. The van der Waals surface area contributed by atoms with Crippen LogP contribution in [-0.2, 0) is 6.54 Å². The van der Waals surface area contributed by atoms with Crippen LogP contribution in [0.4, 0.5) is 4.39 Å². The summed E-state index contributed by atoms with van der Waals surface area (Å²) in [5.74, 6) is -0.709. The predicted octanol–water partition coefficient (Wildman–Crippen LogP) is 2.80. The molecule has 1 aliphatic rings. The predicted molar refractivity (Wildman–Crippen MR) is 104 cm³/mol. The van der Waals surface area contributed by atoms with Crippen molar-refractivity contribution in [2.75, 3.05) is 13.1 Å². The SMILES string of the molecule is O=C(NC1CCN(Cc2ccccn2)CC1)c1cc(F)ccc1-n1cccn1. The third-order valence-electron chi connectivity index (χ3n) is 4.99. The number of carbonyl (C=O) groups is 1. The fourth-order valence-corrected chi connectivity index (χ4v) is 3.52. The second kappa shape index (κ2) is 8.31. The average Bonchev–Trinajstić information content (AvgIpc) is 3.25. The molecule has 7 heteroatoms. The summed E-state index contributed by atoms with van der Waals surface area (Å²) in [6, 6.07) is 11.9. The van der Waals surface area contributed by atoms with E-state index in [-0.39, 0.29) is 11.9 Å². The standard InChI is InChI=1S/C21H22FN5O/c22-16-5-6-20(27-11-3-10-24-27)19(14-16)21(28)25-17-7-12-26(13-8-17)15-18-4-1-2-9-23-18/h1-6,9-11,14,17H,7-8,12-13,15H2,(H,25,28). The molecule has 1 aromatic carbocycles. The quantitative estimate of drug-likeness (QED) is 0.741. The van der Waals surface area contributed by atoms with E-state index in [0.717, 1.165) is 38.2 Å². The van der Waals surface area contributed by atoms with Crippen molar-refractivity contribution in [3.63, 3.8) is 0 Å². The summed E-state index contributed by atoms with van der Waals surface area (Å²) in [6.07, 6.45) is 6.87. The van der Waals surface area contributed by atoms with Crippen LogP contribution < -0.4 is 5.32 Å². The Morgan fingerprint density at radius 3 is 2.71 bits per heavy atom. The summed E-state index contributed by atoms with van der Waals surface area (Å²) in [4.78, 5) is 19.5. The highest BCUT2D eigenvalue weighted by Gasteiger charge is 2.23. The third-order valence-corrected chi connectivity index (χ3v) is 4.99. The van der Waals surface area contributed by atoms with E-state index < -0.39 is 5.82 Å². The third kappa shape index (κ3) is 4.26. The number of carbonyl (C=O) groups excluding carboxylic acids is 1. The molecule has 1 fully saturated rings. The van der Waals surface area contributed by atoms with E-state index in [0.29, 0.717) is 11.3 Å². The lowest BCUT2D eigenvalue weighted by Crippen LogP contribution is -2.44. The van der Waals surface area contributed by atoms with Crippen molar-refractivity contribution in [1.82, 2.24) is 25.0 Å². The van der Waals surface area contributed by atoms with Crippen LogP contribution in [0, 0.1) is 5.82 Å². The summed E-state index contributed by atoms with van der Waals surface area (Å²) in [5.41, 5.74) is 1.91. The average molecular weight is 379 g/mol. The molecule has 3 aromatic rings. The Balaban J connectivity index is 1.38. The van der Waals surface area contributed by atoms with E-state index in [9.17, 15) is 9.18 Å². The number of amides is 1. The second-order valence-electron chi connectivity index (χ2n) is 6.96. The molecule has 6 nitrogen and oxygen atoms in total. The minimum atomic E-state index is -0.439. The molecule has 0 aliphatic carbocycles. The van der Waals surface area contributed by atoms with Gasteiger partial charge < -0.3 is 5.32 Å². The lowest BCUT2D eigenvalue weighted by atomic mass is 10.0. The fourth-order valence-electron chi connectivity index (χ4n) is 3.52. The molecular weight excluding hydrogens is 357 g/mol. The molecule has 1 amide bonds. The van der Waals surface area contributed by atoms with Crippen LogP contribution in [-0.4, -0.2) is 44.7 Å². The molecular formula is C21H22FN5O. The molecule has 0 bridgehead atoms. The lowest BCUT2D eigenvalue weighted by Gasteiger charge is -2.32. The minimum Gasteiger partial charge on any atom is -0.349 e. The Labute approximate surface area is 163 Å². The number of rotatable bonds is 5. The minimum absolute atomic E-state index is 0.0706. The zero-order chi connectivity index (χ0) is 19.3. The van der Waals surface area contributed by atoms with Gasteiger partial charge in [0.15, 0.2) is 0 Å². The van der Waals surface area contributed by atoms with E-state index in [4.69, 9.17) is 0 Å². The summed E-state index contributed by atoms with van der Waals surface area (Å²) < 4.78 is 15.3. The number of pyridine rings is 1. The zero-order valence-corrected chi connectivity index (χ0v) is 15.5. The van der Waals surface area contributed by atoms with Crippen molar-refractivity contribution in [2.24, 2.45) is 0 Å². The van der Waals surface area contributed by atoms with Crippen LogP contribution in [0.1, 0.15) is 28.9 Å². The first-order valence-electron chi connectivity index (χ1n) is 9.42. The zero-order valence-electron chi connectivity index (χ0n) is 15.5. The summed E-state index contributed by atoms with van der Waals surface area (Å²) in [6.45, 7) is 2.59. The van der Waals surface area contributed by atoms with E-state index in [1.54, 1.807) is 35.4 Å². The number of hydrogen-bond acceptors (Lipinski definition) is 4. The van der Waals surface area contributed by atoms with Gasteiger partial charge in [-0.15, -0.1) is 0 Å². The van der Waals surface area contributed by atoms with Gasteiger partial charge in [0.25, 0.3) is 5.91 Å². The smallest absolute Gasteiger partial charge is 0.253 e. The maximum absolute atomic E-state index is 13.8. The van der Waals surface area contributed by atoms with Gasteiger partial charge in [0, 0.05) is 44.3 Å². The van der Waals surface area contributed by atoms with Crippen LogP contribution in [0.15, 0.2) is 61.1 Å². The number of nitrogens with zero attached hydrogens (tertiary/aromatic N) is 4. The van der Waals surface area contributed by atoms with Gasteiger partial charge in [0.05, 0.1) is 16.9 Å². The van der Waals surface area contributed by atoms with Gasteiger partial charge in [-0.25, -0.2) is 9.07 Å². The number of benzene rings is 1. The molecule has 0 spiro atoms. The molecule has 1 saturated heterocycles. The molecule has 28 heavy (non-hydrogen) atoms. The highest BCUT2D eigenvalue weighted by molar-refractivity contribution is 5.98. The highest BCUT2D eigenvalue weighted by atomic mass is 19.1. The van der Waals surface area contributed by atoms with E-state index in [2.05, 4.69) is 20.3 Å². The van der Waals surface area contributed by atoms with Crippen LogP contribution >= 0.6 is 0 Å². The first-order valence-corrected chi connectivity index (χ1v) is 9.42. The number of aromatic nitrogens is 3. The van der Waals surface area contributed by atoms with Gasteiger partial charge in [-0.2, -0.15) is 5.10 Å². The molecule has 1 aliphatic heterocycles. The van der Waals surface area contributed by atoms with Crippen LogP contribution in [0.3, 0.4) is 0 Å². The number of hydrogen-bond donors (Lipinski definition) is 1. The maximum atomic E-state index is 13.8. The molecule has 0 saturated carbocycles. The van der Waals surface area contributed by atoms with Gasteiger partial charge in [0.1, 0.15) is 5.82 Å². The summed E-state index contributed by atoms with van der Waals surface area (Å²) in [7, 11) is 0. The molecule has 0 radical (unpaired) electrons. The highest BCUT2D eigenvalue weighted by Crippen LogP contribution is 2.18. The summed E-state index contributed by atoms with van der Waals surface area (Å²) >= 11 is 0. The Bertz CT molecular complexity index is 921. The monoisotopic (exact) mass is 379 g/mol. The Morgan fingerprint density at radius 1 is 1.14 bits per heavy atom. The van der Waals surface area contributed by atoms with Crippen molar-refractivity contribution in [2.45, 2.75) is 25.4 Å². The topological polar surface area (TPSA) is 63.1 Å². The summed E-state index contributed by atoms with van der Waals surface area (Å²) in [5, 5.41) is 7.22. The van der Waals surface area contributed by atoms with E-state index in [1.165, 1.54) is 12.1 Å². The molecule has 1 N–H and O–H groups in total. The normalized spacial score (nSPS) is 15.5. The molecule has 0 unspecified atom stereocenters. The molecule has 0 atom stereocenters. The molecule has 2 aromatic heterocycles. The van der Waals surface area contributed by atoms with E-state index in [1.807, 2.05) is 18.2 Å². The van der Waals surface area contributed by atoms with Crippen LogP contribution in [0.25, 0.3) is 5.69 Å². The van der Waals surface area contributed by atoms with Gasteiger partial charge >= 0.3 is 0 Å². The first-order chi connectivity index (χ1) is 13.7. The second-order valence-corrected chi connectivity index (χ2v) is 6.96. The van der Waals surface area contributed by atoms with Crippen LogP contribution in [0.2, 0.25) is 0 Å². The molecule has 3 heterocycles. The Kier molecular flexibility index (Phi) is 5.43. The van der Waals surface area contributed by atoms with Crippen molar-refractivity contribution < 1.29 is 9.18 Å². The van der Waals surface area contributed by atoms with Gasteiger partial charge in [0.2, 0.25) is 0 Å². The largest absolute Gasteiger partial charge is 0.349 e. The van der Waals surface area contributed by atoms with Crippen molar-refractivity contribution in [3.05, 3.63) is 78.1 Å². The molecule has 144 valence electrons. The van der Waals surface area contributed by atoms with Crippen molar-refractivity contribution >= 4 is 5.91 Å². The fraction of sp³-hybridized carbons (Fsp3) is 0.286. The Hall–Kier alpha value is -3.06. The van der Waals surface area contributed by atoms with E-state index >= 15 is 0 Å². The number of nitrogens with one attached hydrogen (secondary N) is 1. The maximum Gasteiger partial charge on any atom is 0.253 e. The molecule has 4 rings (SSSR count). The van der Waals surface area contributed by atoms with Gasteiger partial charge in [-0.3, -0.25) is 14.7 Å². The number of likely N-dealkylation sites (tertiary alicyclic amines) is 1. The van der Waals surface area contributed by atoms with Crippen LogP contribution in [0.5, 0.6) is 0 Å². The van der Waals surface area contributed by atoms with Crippen molar-refractivity contribution in [1.29, 1.82) is 0 Å². The first kappa shape index (κ1) is 18.3.